The molecule has 0 unspecified atom stereocenters. The molecule has 2 aromatic rings. The summed E-state index contributed by atoms with van der Waals surface area (Å²) in [5.74, 6) is 1.72. The van der Waals surface area contributed by atoms with Gasteiger partial charge >= 0.3 is 0 Å². The zero-order valence-electron chi connectivity index (χ0n) is 9.59. The smallest absolute Gasteiger partial charge is 0.264 e. The summed E-state index contributed by atoms with van der Waals surface area (Å²) in [4.78, 5) is 8.25. The average Bonchev–Trinajstić information content (AvgIpc) is 2.75. The molecule has 0 aliphatic heterocycles. The van der Waals surface area contributed by atoms with E-state index in [1.54, 1.807) is 13.1 Å². The third-order valence-electron chi connectivity index (χ3n) is 2.13. The fourth-order valence-electron chi connectivity index (χ4n) is 1.34. The van der Waals surface area contributed by atoms with Gasteiger partial charge < -0.3 is 15.0 Å². The van der Waals surface area contributed by atoms with Crippen molar-refractivity contribution in [3.05, 3.63) is 35.7 Å². The van der Waals surface area contributed by atoms with Crippen molar-refractivity contribution in [3.8, 4) is 5.75 Å². The van der Waals surface area contributed by atoms with Crippen LogP contribution in [0.15, 0.2) is 22.9 Å². The highest BCUT2D eigenvalue weighted by molar-refractivity contribution is 5.20. The molecule has 0 saturated heterocycles. The highest BCUT2D eigenvalue weighted by Gasteiger charge is 2.03. The molecule has 0 spiro atoms. The van der Waals surface area contributed by atoms with Gasteiger partial charge in [0.25, 0.3) is 5.89 Å². The molecule has 0 atom stereocenters. The van der Waals surface area contributed by atoms with Gasteiger partial charge in [-0.2, -0.15) is 4.98 Å². The van der Waals surface area contributed by atoms with E-state index in [2.05, 4.69) is 15.1 Å². The van der Waals surface area contributed by atoms with Gasteiger partial charge in [-0.1, -0.05) is 5.16 Å². The maximum atomic E-state index is 5.45. The van der Waals surface area contributed by atoms with Crippen molar-refractivity contribution >= 4 is 0 Å². The first-order valence-corrected chi connectivity index (χ1v) is 5.35. The summed E-state index contributed by atoms with van der Waals surface area (Å²) in [6, 6.07) is 3.74. The van der Waals surface area contributed by atoms with Gasteiger partial charge in [-0.25, -0.2) is 0 Å². The zero-order valence-corrected chi connectivity index (χ0v) is 9.59. The van der Waals surface area contributed by atoms with E-state index in [1.807, 2.05) is 12.1 Å². The van der Waals surface area contributed by atoms with Crippen LogP contribution in [0.25, 0.3) is 0 Å². The number of nitrogens with two attached hydrogens (primary N) is 1. The Hall–Kier alpha value is -1.95. The van der Waals surface area contributed by atoms with Crippen LogP contribution in [0.4, 0.5) is 0 Å². The summed E-state index contributed by atoms with van der Waals surface area (Å²) in [5, 5.41) is 3.67. The Balaban J connectivity index is 1.90. The fourth-order valence-corrected chi connectivity index (χ4v) is 1.34. The monoisotopic (exact) mass is 234 g/mol. The molecule has 0 aliphatic carbocycles. The van der Waals surface area contributed by atoms with Gasteiger partial charge in [0, 0.05) is 12.1 Å². The minimum Gasteiger partial charge on any atom is -0.482 e. The highest BCUT2D eigenvalue weighted by Crippen LogP contribution is 2.11. The summed E-state index contributed by atoms with van der Waals surface area (Å²) in [5.41, 5.74) is 6.39. The molecule has 2 N–H and O–H groups in total. The quantitative estimate of drug-likeness (QED) is 0.825. The number of aryl methyl sites for hydroxylation is 1. The minimum absolute atomic E-state index is 0.249. The number of nitrogens with zero attached hydrogens (tertiary/aromatic N) is 3. The molecule has 17 heavy (non-hydrogen) atoms. The van der Waals surface area contributed by atoms with Crippen LogP contribution in [0.2, 0.25) is 0 Å². The number of rotatable bonds is 5. The van der Waals surface area contributed by atoms with Gasteiger partial charge in [0.2, 0.25) is 0 Å². The molecule has 2 aromatic heterocycles. The molecule has 0 bridgehead atoms. The number of pyridine rings is 1. The zero-order chi connectivity index (χ0) is 12.1. The summed E-state index contributed by atoms with van der Waals surface area (Å²) in [6.45, 7) is 2.60. The summed E-state index contributed by atoms with van der Waals surface area (Å²) < 4.78 is 10.4. The molecule has 0 amide bonds. The van der Waals surface area contributed by atoms with Gasteiger partial charge in [0.1, 0.15) is 5.75 Å². The second kappa shape index (κ2) is 5.40. The topological polar surface area (TPSA) is 87.1 Å². The predicted molar refractivity (Wildman–Crippen MR) is 60.4 cm³/mol. The fraction of sp³-hybridized carbons (Fsp3) is 0.364. The summed E-state index contributed by atoms with van der Waals surface area (Å²) >= 11 is 0. The van der Waals surface area contributed by atoms with E-state index < -0.39 is 0 Å². The lowest BCUT2D eigenvalue weighted by molar-refractivity contribution is 0.242. The molecule has 2 heterocycles. The van der Waals surface area contributed by atoms with Crippen molar-refractivity contribution in [1.29, 1.82) is 0 Å². The van der Waals surface area contributed by atoms with E-state index in [1.165, 1.54) is 0 Å². The van der Waals surface area contributed by atoms with Crippen LogP contribution in [0.5, 0.6) is 5.75 Å². The normalized spacial score (nSPS) is 10.5. The number of hydrogen-bond donors (Lipinski definition) is 1. The van der Waals surface area contributed by atoms with Gasteiger partial charge in [0.05, 0.1) is 6.20 Å². The molecular weight excluding hydrogens is 220 g/mol. The van der Waals surface area contributed by atoms with Crippen LogP contribution in [-0.4, -0.2) is 21.7 Å². The largest absolute Gasteiger partial charge is 0.482 e. The maximum Gasteiger partial charge on any atom is 0.264 e. The van der Waals surface area contributed by atoms with Crippen LogP contribution >= 0.6 is 0 Å². The first-order valence-electron chi connectivity index (χ1n) is 5.35. The molecule has 6 heteroatoms. The van der Waals surface area contributed by atoms with E-state index in [0.717, 1.165) is 12.1 Å². The van der Waals surface area contributed by atoms with Gasteiger partial charge in [-0.3, -0.25) is 4.98 Å². The number of hydrogen-bond acceptors (Lipinski definition) is 6. The molecule has 90 valence electrons. The molecule has 0 saturated carbocycles. The SMILES string of the molecule is Cc1noc(COc2ccc(CCN)nc2)n1. The predicted octanol–water partition coefficient (Wildman–Crippen LogP) is 0.853. The maximum absolute atomic E-state index is 5.45. The third kappa shape index (κ3) is 3.25. The van der Waals surface area contributed by atoms with Crippen LogP contribution < -0.4 is 10.5 Å². The van der Waals surface area contributed by atoms with E-state index in [0.29, 0.717) is 24.0 Å². The third-order valence-corrected chi connectivity index (χ3v) is 2.13. The average molecular weight is 234 g/mol. The first-order chi connectivity index (χ1) is 8.28. The Morgan fingerprint density at radius 1 is 1.41 bits per heavy atom. The summed E-state index contributed by atoms with van der Waals surface area (Å²) in [6.07, 6.45) is 2.43. The van der Waals surface area contributed by atoms with E-state index in [9.17, 15) is 0 Å². The second-order valence-corrected chi connectivity index (χ2v) is 3.55. The van der Waals surface area contributed by atoms with Crippen molar-refractivity contribution in [2.75, 3.05) is 6.54 Å². The van der Waals surface area contributed by atoms with Crippen molar-refractivity contribution in [3.63, 3.8) is 0 Å². The first kappa shape index (κ1) is 11.5. The number of ether oxygens (including phenoxy) is 1. The second-order valence-electron chi connectivity index (χ2n) is 3.55. The Kier molecular flexibility index (Phi) is 3.66. The lowest BCUT2D eigenvalue weighted by atomic mass is 10.3. The van der Waals surface area contributed by atoms with Gasteiger partial charge in [0.15, 0.2) is 12.4 Å². The van der Waals surface area contributed by atoms with Crippen LogP contribution in [0, 0.1) is 6.92 Å². The lowest BCUT2D eigenvalue weighted by Gasteiger charge is -2.03. The molecule has 0 aromatic carbocycles. The van der Waals surface area contributed by atoms with Crippen molar-refractivity contribution < 1.29 is 9.26 Å². The molecular formula is C11H14N4O2. The van der Waals surface area contributed by atoms with E-state index in [4.69, 9.17) is 15.0 Å². The van der Waals surface area contributed by atoms with Gasteiger partial charge in [-0.15, -0.1) is 0 Å². The number of aromatic nitrogens is 3. The molecule has 6 nitrogen and oxygen atoms in total. The van der Waals surface area contributed by atoms with Crippen LogP contribution in [0.1, 0.15) is 17.4 Å². The summed E-state index contributed by atoms with van der Waals surface area (Å²) in [7, 11) is 0. The molecule has 2 rings (SSSR count). The highest BCUT2D eigenvalue weighted by atomic mass is 16.5. The Morgan fingerprint density at radius 2 is 2.29 bits per heavy atom. The molecule has 0 fully saturated rings. The van der Waals surface area contributed by atoms with Crippen LogP contribution in [0.3, 0.4) is 0 Å². The van der Waals surface area contributed by atoms with E-state index >= 15 is 0 Å². The van der Waals surface area contributed by atoms with Crippen molar-refractivity contribution in [2.45, 2.75) is 20.0 Å². The Bertz CT molecular complexity index is 467. The van der Waals surface area contributed by atoms with Crippen molar-refractivity contribution in [1.82, 2.24) is 15.1 Å². The standard InChI is InChI=1S/C11H14N4O2/c1-8-14-11(17-15-8)7-16-10-3-2-9(4-5-12)13-6-10/h2-3,6H,4-5,7,12H2,1H3. The Morgan fingerprint density at radius 3 is 2.88 bits per heavy atom. The van der Waals surface area contributed by atoms with Crippen molar-refractivity contribution in [2.24, 2.45) is 5.73 Å². The van der Waals surface area contributed by atoms with E-state index in [-0.39, 0.29) is 6.61 Å². The van der Waals surface area contributed by atoms with Crippen LogP contribution in [-0.2, 0) is 13.0 Å². The minimum atomic E-state index is 0.249. The molecule has 0 aliphatic rings. The molecule has 0 radical (unpaired) electrons. The Labute approximate surface area is 98.8 Å². The lowest BCUT2D eigenvalue weighted by Crippen LogP contribution is -2.04. The van der Waals surface area contributed by atoms with Gasteiger partial charge in [-0.05, 0) is 25.6 Å².